The predicted octanol–water partition coefficient (Wildman–Crippen LogP) is 4.21. The van der Waals surface area contributed by atoms with Crippen molar-refractivity contribution in [1.29, 1.82) is 0 Å². The van der Waals surface area contributed by atoms with Gasteiger partial charge in [-0.25, -0.2) is 5.01 Å². The highest BCUT2D eigenvalue weighted by molar-refractivity contribution is 7.99. The molecule has 5 rings (SSSR count). The van der Waals surface area contributed by atoms with Crippen LogP contribution in [0, 0.1) is 5.92 Å². The Kier molecular flexibility index (Phi) is 6.27. The quantitative estimate of drug-likeness (QED) is 0.638. The molecule has 0 aromatic heterocycles. The highest BCUT2D eigenvalue weighted by Gasteiger charge is 2.34. The lowest BCUT2D eigenvalue weighted by molar-refractivity contribution is -0.119. The maximum Gasteiger partial charge on any atom is 0.248 e. The van der Waals surface area contributed by atoms with Crippen LogP contribution in [0.5, 0.6) is 5.75 Å². The molecular formula is C25H29N3O2S. The van der Waals surface area contributed by atoms with E-state index in [9.17, 15) is 4.79 Å². The number of carbonyl (C=O) groups is 1. The Balaban J connectivity index is 1.23. The van der Waals surface area contributed by atoms with Gasteiger partial charge in [-0.2, -0.15) is 16.9 Å². The smallest absolute Gasteiger partial charge is 0.248 e. The first-order chi connectivity index (χ1) is 15.3. The molecule has 3 aliphatic rings. The van der Waals surface area contributed by atoms with Gasteiger partial charge < -0.3 is 9.64 Å². The van der Waals surface area contributed by atoms with Gasteiger partial charge in [0.25, 0.3) is 0 Å². The molecule has 2 heterocycles. The zero-order valence-electron chi connectivity index (χ0n) is 17.8. The van der Waals surface area contributed by atoms with E-state index >= 15 is 0 Å². The van der Waals surface area contributed by atoms with Crippen LogP contribution >= 0.6 is 11.8 Å². The molecular weight excluding hydrogens is 406 g/mol. The van der Waals surface area contributed by atoms with Gasteiger partial charge in [0.2, 0.25) is 5.91 Å². The van der Waals surface area contributed by atoms with Gasteiger partial charge in [-0.1, -0.05) is 24.3 Å². The van der Waals surface area contributed by atoms with Crippen molar-refractivity contribution < 1.29 is 9.53 Å². The van der Waals surface area contributed by atoms with Gasteiger partial charge in [0, 0.05) is 49.0 Å². The average molecular weight is 436 g/mol. The molecule has 0 saturated carbocycles. The van der Waals surface area contributed by atoms with Gasteiger partial charge in [-0.15, -0.1) is 0 Å². The zero-order valence-corrected chi connectivity index (χ0v) is 18.7. The summed E-state index contributed by atoms with van der Waals surface area (Å²) < 4.78 is 5.93. The number of amides is 1. The highest BCUT2D eigenvalue weighted by atomic mass is 32.2. The first-order valence-electron chi connectivity index (χ1n) is 11.3. The summed E-state index contributed by atoms with van der Waals surface area (Å²) >= 11 is 2.04. The second kappa shape index (κ2) is 9.45. The minimum absolute atomic E-state index is 0.0708. The minimum Gasteiger partial charge on any atom is -0.494 e. The van der Waals surface area contributed by atoms with Gasteiger partial charge in [0.15, 0.2) is 0 Å². The number of aryl methyl sites for hydroxylation is 1. The molecule has 0 N–H and O–H groups in total. The number of anilines is 1. The summed E-state index contributed by atoms with van der Waals surface area (Å²) in [6, 6.07) is 16.2. The van der Waals surface area contributed by atoms with Crippen LogP contribution in [0.3, 0.4) is 0 Å². The maximum atomic E-state index is 12.8. The Morgan fingerprint density at radius 3 is 2.71 bits per heavy atom. The minimum atomic E-state index is 0.0708. The van der Waals surface area contributed by atoms with Crippen molar-refractivity contribution in [3.63, 3.8) is 0 Å². The Labute approximate surface area is 188 Å². The third-order valence-electron chi connectivity index (χ3n) is 6.38. The van der Waals surface area contributed by atoms with Crippen molar-refractivity contribution in [2.45, 2.75) is 25.7 Å². The van der Waals surface area contributed by atoms with Crippen molar-refractivity contribution in [3.05, 3.63) is 59.7 Å². The Morgan fingerprint density at radius 2 is 1.87 bits per heavy atom. The van der Waals surface area contributed by atoms with Crippen LogP contribution in [-0.4, -0.2) is 54.3 Å². The number of carbonyl (C=O) groups excluding carboxylic acids is 1. The Hall–Kier alpha value is -2.31. The first kappa shape index (κ1) is 20.6. The molecule has 162 valence electrons. The summed E-state index contributed by atoms with van der Waals surface area (Å²) in [4.78, 5) is 15.3. The highest BCUT2D eigenvalue weighted by Crippen LogP contribution is 2.34. The molecule has 5 nitrogen and oxygen atoms in total. The van der Waals surface area contributed by atoms with E-state index in [1.807, 2.05) is 36.0 Å². The number of hydrazone groups is 1. The molecule has 0 spiro atoms. The summed E-state index contributed by atoms with van der Waals surface area (Å²) in [5.41, 5.74) is 4.39. The summed E-state index contributed by atoms with van der Waals surface area (Å²) in [5.74, 6) is 3.64. The van der Waals surface area contributed by atoms with Crippen LogP contribution in [0.2, 0.25) is 0 Å². The standard InChI is InChI=1S/C25H29N3O2S/c29-24-18-20-7-6-19-4-1-2-5-23(19)25(20)26-28(24)21-8-10-22(11-9-21)30-15-3-12-27-13-16-31-17-14-27/h1-2,4-5,8-11,20H,3,6-7,12-18H2. The van der Waals surface area contributed by atoms with Crippen LogP contribution in [0.4, 0.5) is 5.69 Å². The molecule has 1 unspecified atom stereocenters. The number of nitrogens with zero attached hydrogens (tertiary/aromatic N) is 3. The van der Waals surface area contributed by atoms with E-state index in [1.54, 1.807) is 5.01 Å². The molecule has 1 aliphatic carbocycles. The van der Waals surface area contributed by atoms with E-state index in [2.05, 4.69) is 29.2 Å². The monoisotopic (exact) mass is 435 g/mol. The molecule has 1 fully saturated rings. The second-order valence-electron chi connectivity index (χ2n) is 8.44. The summed E-state index contributed by atoms with van der Waals surface area (Å²) in [7, 11) is 0. The number of ether oxygens (including phenoxy) is 1. The van der Waals surface area contributed by atoms with Gasteiger partial charge in [-0.3, -0.25) is 4.79 Å². The third-order valence-corrected chi connectivity index (χ3v) is 7.32. The fourth-order valence-electron chi connectivity index (χ4n) is 4.66. The fourth-order valence-corrected chi connectivity index (χ4v) is 5.64. The lowest BCUT2D eigenvalue weighted by atomic mass is 9.79. The fraction of sp³-hybridized carbons (Fsp3) is 0.440. The van der Waals surface area contributed by atoms with E-state index < -0.39 is 0 Å². The molecule has 1 saturated heterocycles. The number of fused-ring (bicyclic) bond motifs is 3. The normalized spacial score (nSPS) is 21.3. The second-order valence-corrected chi connectivity index (χ2v) is 9.66. The van der Waals surface area contributed by atoms with Crippen LogP contribution in [0.1, 0.15) is 30.4 Å². The van der Waals surface area contributed by atoms with Gasteiger partial charge in [0.05, 0.1) is 18.0 Å². The number of thioether (sulfide) groups is 1. The molecule has 2 aromatic carbocycles. The molecule has 1 atom stereocenters. The third kappa shape index (κ3) is 4.65. The first-order valence-corrected chi connectivity index (χ1v) is 12.5. The number of hydrogen-bond donors (Lipinski definition) is 0. The van der Waals surface area contributed by atoms with Gasteiger partial charge in [-0.05, 0) is 49.1 Å². The zero-order chi connectivity index (χ0) is 21.0. The van der Waals surface area contributed by atoms with Crippen LogP contribution < -0.4 is 9.75 Å². The van der Waals surface area contributed by atoms with E-state index in [0.717, 1.165) is 43.0 Å². The Bertz CT molecular complexity index is 953. The van der Waals surface area contributed by atoms with Crippen LogP contribution in [0.25, 0.3) is 0 Å². The van der Waals surface area contributed by atoms with E-state index in [4.69, 9.17) is 9.84 Å². The number of rotatable bonds is 6. The van der Waals surface area contributed by atoms with Crippen molar-refractivity contribution in [3.8, 4) is 5.75 Å². The van der Waals surface area contributed by atoms with Crippen LogP contribution in [0.15, 0.2) is 53.6 Å². The lowest BCUT2D eigenvalue weighted by Gasteiger charge is -2.33. The lowest BCUT2D eigenvalue weighted by Crippen LogP contribution is -2.39. The summed E-state index contributed by atoms with van der Waals surface area (Å²) in [6.07, 6.45) is 3.58. The topological polar surface area (TPSA) is 45.1 Å². The average Bonchev–Trinajstić information content (AvgIpc) is 2.82. The predicted molar refractivity (Wildman–Crippen MR) is 127 cm³/mol. The van der Waals surface area contributed by atoms with Crippen molar-refractivity contribution in [1.82, 2.24) is 4.90 Å². The van der Waals surface area contributed by atoms with Crippen molar-refractivity contribution >= 4 is 29.1 Å². The molecule has 2 aromatic rings. The van der Waals surface area contributed by atoms with Crippen LogP contribution in [-0.2, 0) is 11.2 Å². The molecule has 31 heavy (non-hydrogen) atoms. The SMILES string of the molecule is O=C1CC2CCc3ccccc3C2=NN1c1ccc(OCCCN2CCSCC2)cc1. The van der Waals surface area contributed by atoms with Gasteiger partial charge in [0.1, 0.15) is 5.75 Å². The molecule has 0 bridgehead atoms. The summed E-state index contributed by atoms with van der Waals surface area (Å²) in [6.45, 7) is 4.20. The van der Waals surface area contributed by atoms with E-state index in [-0.39, 0.29) is 11.8 Å². The molecule has 0 radical (unpaired) electrons. The summed E-state index contributed by atoms with van der Waals surface area (Å²) in [5, 5.41) is 6.38. The van der Waals surface area contributed by atoms with Crippen molar-refractivity contribution in [2.24, 2.45) is 11.0 Å². The molecule has 2 aliphatic heterocycles. The van der Waals surface area contributed by atoms with Crippen molar-refractivity contribution in [2.75, 3.05) is 42.8 Å². The maximum absolute atomic E-state index is 12.8. The van der Waals surface area contributed by atoms with E-state index in [0.29, 0.717) is 13.0 Å². The number of hydrogen-bond acceptors (Lipinski definition) is 5. The van der Waals surface area contributed by atoms with E-state index in [1.165, 1.54) is 35.7 Å². The largest absolute Gasteiger partial charge is 0.494 e. The van der Waals surface area contributed by atoms with Gasteiger partial charge >= 0.3 is 0 Å². The number of benzene rings is 2. The molecule has 6 heteroatoms. The Morgan fingerprint density at radius 1 is 1.06 bits per heavy atom. The molecule has 1 amide bonds.